The lowest BCUT2D eigenvalue weighted by atomic mass is 10.1. The van der Waals surface area contributed by atoms with E-state index < -0.39 is 0 Å². The summed E-state index contributed by atoms with van der Waals surface area (Å²) in [6.07, 6.45) is -0.0532. The van der Waals surface area contributed by atoms with Gasteiger partial charge in [0, 0.05) is 7.11 Å². The van der Waals surface area contributed by atoms with Gasteiger partial charge in [-0.05, 0) is 20.9 Å². The molecule has 0 radical (unpaired) electrons. The van der Waals surface area contributed by atoms with Crippen LogP contribution in [0.3, 0.4) is 0 Å². The first-order chi connectivity index (χ1) is 4.63. The number of carbonyl (C=O) groups is 1. The molecule has 0 aliphatic heterocycles. The van der Waals surface area contributed by atoms with Crippen LogP contribution in [0.2, 0.25) is 0 Å². The molecule has 0 amide bonds. The summed E-state index contributed by atoms with van der Waals surface area (Å²) >= 11 is 0. The predicted molar refractivity (Wildman–Crippen MR) is 40.0 cm³/mol. The molecule has 0 heterocycles. The molecule has 10 heavy (non-hydrogen) atoms. The van der Waals surface area contributed by atoms with E-state index in [0.29, 0.717) is 0 Å². The third-order valence-electron chi connectivity index (χ3n) is 1.59. The van der Waals surface area contributed by atoms with Gasteiger partial charge in [0.1, 0.15) is 5.78 Å². The second kappa shape index (κ2) is 4.41. The quantitative estimate of drug-likeness (QED) is 0.614. The summed E-state index contributed by atoms with van der Waals surface area (Å²) < 4.78 is 4.98. The fourth-order valence-corrected chi connectivity index (χ4v) is 0.905. The van der Waals surface area contributed by atoms with Crippen LogP contribution in [0.15, 0.2) is 0 Å². The highest BCUT2D eigenvalue weighted by molar-refractivity contribution is 5.82. The van der Waals surface area contributed by atoms with Gasteiger partial charge in [-0.15, -0.1) is 0 Å². The van der Waals surface area contributed by atoms with Crippen LogP contribution < -0.4 is 5.32 Å². The normalized spacial score (nSPS) is 16.4. The van der Waals surface area contributed by atoms with Gasteiger partial charge in [0.2, 0.25) is 0 Å². The van der Waals surface area contributed by atoms with Crippen LogP contribution in [0, 0.1) is 0 Å². The first kappa shape index (κ1) is 9.59. The Morgan fingerprint density at radius 1 is 1.60 bits per heavy atom. The Morgan fingerprint density at radius 2 is 2.10 bits per heavy atom. The summed E-state index contributed by atoms with van der Waals surface area (Å²) in [5.41, 5.74) is 0. The standard InChI is InChI=1S/C7H15NO2/c1-5(9)7(8-3)6(2)10-4/h6-8H,1-4H3/t6-,7-/m0/s1. The van der Waals surface area contributed by atoms with Gasteiger partial charge in [-0.2, -0.15) is 0 Å². The van der Waals surface area contributed by atoms with Crippen LogP contribution in [-0.2, 0) is 9.53 Å². The Morgan fingerprint density at radius 3 is 2.20 bits per heavy atom. The van der Waals surface area contributed by atoms with Crippen LogP contribution in [-0.4, -0.2) is 32.1 Å². The zero-order valence-corrected chi connectivity index (χ0v) is 6.97. The van der Waals surface area contributed by atoms with Crippen LogP contribution >= 0.6 is 0 Å². The van der Waals surface area contributed by atoms with Gasteiger partial charge >= 0.3 is 0 Å². The zero-order chi connectivity index (χ0) is 8.15. The minimum absolute atomic E-state index is 0.0532. The molecule has 0 rings (SSSR count). The van der Waals surface area contributed by atoms with Gasteiger partial charge in [-0.3, -0.25) is 4.79 Å². The number of methoxy groups -OCH3 is 1. The van der Waals surface area contributed by atoms with Crippen molar-refractivity contribution in [3.63, 3.8) is 0 Å². The molecule has 0 saturated carbocycles. The number of carbonyl (C=O) groups excluding carboxylic acids is 1. The SMILES string of the molecule is CN[C@@H](C(C)=O)[C@H](C)OC. The Bertz CT molecular complexity index is 114. The molecule has 0 spiro atoms. The largest absolute Gasteiger partial charge is 0.380 e. The van der Waals surface area contributed by atoms with Gasteiger partial charge in [-0.25, -0.2) is 0 Å². The molecule has 0 unspecified atom stereocenters. The van der Waals surface area contributed by atoms with Crippen molar-refractivity contribution in [1.82, 2.24) is 5.32 Å². The second-order valence-electron chi connectivity index (χ2n) is 2.32. The summed E-state index contributed by atoms with van der Waals surface area (Å²) in [4.78, 5) is 10.8. The van der Waals surface area contributed by atoms with Crippen molar-refractivity contribution >= 4 is 5.78 Å². The van der Waals surface area contributed by atoms with Crippen molar-refractivity contribution in [2.45, 2.75) is 26.0 Å². The monoisotopic (exact) mass is 145 g/mol. The van der Waals surface area contributed by atoms with E-state index in [0.717, 1.165) is 0 Å². The third kappa shape index (κ3) is 2.45. The van der Waals surface area contributed by atoms with Crippen LogP contribution in [0.4, 0.5) is 0 Å². The molecular weight excluding hydrogens is 130 g/mol. The van der Waals surface area contributed by atoms with Crippen molar-refractivity contribution in [2.75, 3.05) is 14.2 Å². The fraction of sp³-hybridized carbons (Fsp3) is 0.857. The van der Waals surface area contributed by atoms with Crippen molar-refractivity contribution in [3.8, 4) is 0 Å². The maximum Gasteiger partial charge on any atom is 0.149 e. The molecule has 3 heteroatoms. The number of Topliss-reactive ketones (excluding diaryl/α,β-unsaturated/α-hetero) is 1. The highest BCUT2D eigenvalue weighted by Gasteiger charge is 2.18. The highest BCUT2D eigenvalue weighted by atomic mass is 16.5. The van der Waals surface area contributed by atoms with E-state index in [4.69, 9.17) is 4.74 Å². The van der Waals surface area contributed by atoms with Crippen molar-refractivity contribution in [2.24, 2.45) is 0 Å². The minimum atomic E-state index is -0.176. The Labute approximate surface area is 61.8 Å². The lowest BCUT2D eigenvalue weighted by Crippen LogP contribution is -2.42. The average Bonchev–Trinajstić information content (AvgIpc) is 1.88. The Hall–Kier alpha value is -0.410. The second-order valence-corrected chi connectivity index (χ2v) is 2.32. The van der Waals surface area contributed by atoms with Crippen LogP contribution in [0.25, 0.3) is 0 Å². The van der Waals surface area contributed by atoms with Gasteiger partial charge in [0.25, 0.3) is 0 Å². The summed E-state index contributed by atoms with van der Waals surface area (Å²) in [5, 5.41) is 2.88. The van der Waals surface area contributed by atoms with Gasteiger partial charge in [-0.1, -0.05) is 0 Å². The number of hydrogen-bond donors (Lipinski definition) is 1. The average molecular weight is 145 g/mol. The first-order valence-corrected chi connectivity index (χ1v) is 3.34. The predicted octanol–water partition coefficient (Wildman–Crippen LogP) is 0.198. The Balaban J connectivity index is 3.92. The topological polar surface area (TPSA) is 38.3 Å². The third-order valence-corrected chi connectivity index (χ3v) is 1.59. The van der Waals surface area contributed by atoms with Gasteiger partial charge in [0.05, 0.1) is 12.1 Å². The molecule has 60 valence electrons. The molecular formula is C7H15NO2. The summed E-state index contributed by atoms with van der Waals surface area (Å²) in [6.45, 7) is 3.42. The number of likely N-dealkylation sites (N-methyl/N-ethyl adjacent to an activating group) is 1. The number of rotatable bonds is 4. The molecule has 0 fully saturated rings. The molecule has 0 aromatic carbocycles. The molecule has 3 nitrogen and oxygen atoms in total. The van der Waals surface area contributed by atoms with Gasteiger partial charge in [0.15, 0.2) is 0 Å². The maximum absolute atomic E-state index is 10.8. The molecule has 2 atom stereocenters. The number of nitrogens with one attached hydrogen (secondary N) is 1. The highest BCUT2D eigenvalue weighted by Crippen LogP contribution is 1.97. The van der Waals surface area contributed by atoms with E-state index >= 15 is 0 Å². The summed E-state index contributed by atoms with van der Waals surface area (Å²) in [5.74, 6) is 0.108. The summed E-state index contributed by atoms with van der Waals surface area (Å²) in [7, 11) is 3.35. The Kier molecular flexibility index (Phi) is 4.23. The van der Waals surface area contributed by atoms with Crippen molar-refractivity contribution in [3.05, 3.63) is 0 Å². The minimum Gasteiger partial charge on any atom is -0.380 e. The first-order valence-electron chi connectivity index (χ1n) is 3.34. The molecule has 0 aliphatic carbocycles. The van der Waals surface area contributed by atoms with Crippen LogP contribution in [0.5, 0.6) is 0 Å². The lowest BCUT2D eigenvalue weighted by molar-refractivity contribution is -0.121. The molecule has 0 aromatic heterocycles. The molecule has 0 aliphatic rings. The van der Waals surface area contributed by atoms with E-state index in [1.807, 2.05) is 6.92 Å². The number of ether oxygens (including phenoxy) is 1. The maximum atomic E-state index is 10.8. The fourth-order valence-electron chi connectivity index (χ4n) is 0.905. The van der Waals surface area contributed by atoms with Crippen molar-refractivity contribution < 1.29 is 9.53 Å². The smallest absolute Gasteiger partial charge is 0.149 e. The van der Waals surface area contributed by atoms with E-state index in [9.17, 15) is 4.79 Å². The molecule has 1 N–H and O–H groups in total. The van der Waals surface area contributed by atoms with Crippen LogP contribution in [0.1, 0.15) is 13.8 Å². The van der Waals surface area contributed by atoms with E-state index in [2.05, 4.69) is 5.32 Å². The lowest BCUT2D eigenvalue weighted by Gasteiger charge is -2.18. The van der Waals surface area contributed by atoms with E-state index in [1.165, 1.54) is 0 Å². The summed E-state index contributed by atoms with van der Waals surface area (Å²) in [6, 6.07) is -0.176. The zero-order valence-electron chi connectivity index (χ0n) is 6.97. The van der Waals surface area contributed by atoms with E-state index in [1.54, 1.807) is 21.1 Å². The molecule has 0 bridgehead atoms. The number of hydrogen-bond acceptors (Lipinski definition) is 3. The van der Waals surface area contributed by atoms with E-state index in [-0.39, 0.29) is 17.9 Å². The molecule has 0 saturated heterocycles. The molecule has 0 aromatic rings. The van der Waals surface area contributed by atoms with Gasteiger partial charge < -0.3 is 10.1 Å². The van der Waals surface area contributed by atoms with Crippen molar-refractivity contribution in [1.29, 1.82) is 0 Å². The number of ketones is 1.